The van der Waals surface area contributed by atoms with Crippen LogP contribution in [0.25, 0.3) is 5.69 Å². The number of para-hydroxylation sites is 1. The van der Waals surface area contributed by atoms with Gasteiger partial charge in [0.15, 0.2) is 0 Å². The minimum Gasteiger partial charge on any atom is -0.380 e. The van der Waals surface area contributed by atoms with E-state index in [-0.39, 0.29) is 24.0 Å². The third kappa shape index (κ3) is 2.96. The number of ether oxygens (including phenoxy) is 1. The predicted molar refractivity (Wildman–Crippen MR) is 108 cm³/mol. The number of benzene rings is 2. The Balaban J connectivity index is 1.64. The molecule has 4 rings (SSSR count). The zero-order valence-corrected chi connectivity index (χ0v) is 15.9. The van der Waals surface area contributed by atoms with Crippen LogP contribution in [0.1, 0.15) is 24.4 Å². The Kier molecular flexibility index (Phi) is 4.65. The van der Waals surface area contributed by atoms with E-state index in [0.717, 1.165) is 10.1 Å². The van der Waals surface area contributed by atoms with Gasteiger partial charge in [0, 0.05) is 18.9 Å². The third-order valence-electron chi connectivity index (χ3n) is 5.59. The van der Waals surface area contributed by atoms with Crippen LogP contribution in [0, 0.1) is 5.92 Å². The molecule has 1 saturated carbocycles. The average Bonchev–Trinajstić information content (AvgIpc) is 3.39. The molecule has 0 amide bonds. The van der Waals surface area contributed by atoms with Gasteiger partial charge in [-0.2, -0.15) is 0 Å². The summed E-state index contributed by atoms with van der Waals surface area (Å²) in [5.74, 6) is 0.303. The van der Waals surface area contributed by atoms with Crippen LogP contribution in [0.3, 0.4) is 0 Å². The van der Waals surface area contributed by atoms with Crippen molar-refractivity contribution < 1.29 is 4.74 Å². The molecule has 3 aromatic rings. The van der Waals surface area contributed by atoms with Gasteiger partial charge in [0.05, 0.1) is 17.8 Å². The summed E-state index contributed by atoms with van der Waals surface area (Å²) in [6.45, 7) is 6.13. The van der Waals surface area contributed by atoms with Gasteiger partial charge in [-0.25, -0.2) is 23.9 Å². The van der Waals surface area contributed by atoms with Crippen molar-refractivity contribution in [1.82, 2.24) is 14.3 Å². The summed E-state index contributed by atoms with van der Waals surface area (Å²) in [6, 6.07) is 18.7. The van der Waals surface area contributed by atoms with Crippen LogP contribution in [0.4, 0.5) is 0 Å². The van der Waals surface area contributed by atoms with E-state index in [1.54, 1.807) is 31.4 Å². The summed E-state index contributed by atoms with van der Waals surface area (Å²) in [6.07, 6.45) is 0.0241. The van der Waals surface area contributed by atoms with Gasteiger partial charge >= 0.3 is 11.4 Å². The van der Waals surface area contributed by atoms with Crippen molar-refractivity contribution in [2.45, 2.75) is 25.0 Å². The van der Waals surface area contributed by atoms with Crippen LogP contribution in [0.5, 0.6) is 0 Å². The van der Waals surface area contributed by atoms with Crippen LogP contribution in [-0.2, 0) is 4.74 Å². The number of aromatic nitrogens is 3. The quantitative estimate of drug-likeness (QED) is 0.672. The maximum atomic E-state index is 12.9. The molecule has 6 heteroatoms. The maximum absolute atomic E-state index is 12.9. The second-order valence-electron chi connectivity index (χ2n) is 7.15. The molecule has 1 aliphatic carbocycles. The number of rotatable bonds is 6. The van der Waals surface area contributed by atoms with Gasteiger partial charge < -0.3 is 4.74 Å². The molecule has 1 N–H and O–H groups in total. The first kappa shape index (κ1) is 18.3. The molecule has 6 nitrogen and oxygen atoms in total. The SMILES string of the molecule is C=C(C1C(OC)[C@@H]1c1ccccc1)C(C)n1[nH]c(=O)n(-c2ccccc2)c1=O. The average molecular weight is 377 g/mol. The Morgan fingerprint density at radius 3 is 2.29 bits per heavy atom. The molecule has 2 aromatic carbocycles. The lowest BCUT2D eigenvalue weighted by Gasteiger charge is -2.15. The molecule has 0 aliphatic heterocycles. The molecule has 1 fully saturated rings. The van der Waals surface area contributed by atoms with E-state index in [1.807, 2.05) is 31.2 Å². The van der Waals surface area contributed by atoms with Crippen molar-refractivity contribution in [2.75, 3.05) is 7.11 Å². The third-order valence-corrected chi connectivity index (χ3v) is 5.59. The van der Waals surface area contributed by atoms with E-state index in [2.05, 4.69) is 23.8 Å². The van der Waals surface area contributed by atoms with Crippen LogP contribution in [0.15, 0.2) is 82.4 Å². The number of methoxy groups -OCH3 is 1. The summed E-state index contributed by atoms with van der Waals surface area (Å²) in [7, 11) is 1.69. The topological polar surface area (TPSA) is 69.0 Å². The molecule has 3 unspecified atom stereocenters. The summed E-state index contributed by atoms with van der Waals surface area (Å²) in [5.41, 5.74) is 1.72. The predicted octanol–water partition coefficient (Wildman–Crippen LogP) is 2.87. The zero-order chi connectivity index (χ0) is 19.8. The molecular weight excluding hydrogens is 354 g/mol. The van der Waals surface area contributed by atoms with Crippen molar-refractivity contribution >= 4 is 0 Å². The van der Waals surface area contributed by atoms with E-state index >= 15 is 0 Å². The summed E-state index contributed by atoms with van der Waals surface area (Å²) < 4.78 is 8.14. The molecule has 4 atom stereocenters. The molecule has 1 aromatic heterocycles. The van der Waals surface area contributed by atoms with Crippen LogP contribution < -0.4 is 11.4 Å². The zero-order valence-electron chi connectivity index (χ0n) is 15.9. The van der Waals surface area contributed by atoms with Gasteiger partial charge in [0.1, 0.15) is 0 Å². The Labute approximate surface area is 162 Å². The highest BCUT2D eigenvalue weighted by molar-refractivity contribution is 5.36. The summed E-state index contributed by atoms with van der Waals surface area (Å²) in [4.78, 5) is 25.3. The second kappa shape index (κ2) is 7.13. The standard InChI is InChI=1S/C22H23N3O3/c1-14(18-19(20(18)28-3)16-10-6-4-7-11-16)15(2)25-22(27)24(21(26)23-25)17-12-8-5-9-13-17/h4-13,15,18-20H,1H2,2-3H3,(H,23,26)/t15?,18?,19-,20?/m1/s1. The molecule has 144 valence electrons. The number of nitrogens with zero attached hydrogens (tertiary/aromatic N) is 2. The fourth-order valence-electron chi connectivity index (χ4n) is 4.00. The molecular formula is C22H23N3O3. The molecule has 28 heavy (non-hydrogen) atoms. The van der Waals surface area contributed by atoms with E-state index in [0.29, 0.717) is 5.69 Å². The minimum atomic E-state index is -0.463. The monoisotopic (exact) mass is 377 g/mol. The molecule has 0 spiro atoms. The first-order valence-corrected chi connectivity index (χ1v) is 9.30. The van der Waals surface area contributed by atoms with Crippen molar-refractivity contribution in [1.29, 1.82) is 0 Å². The van der Waals surface area contributed by atoms with Gasteiger partial charge in [0.2, 0.25) is 0 Å². The van der Waals surface area contributed by atoms with Gasteiger partial charge in [-0.05, 0) is 30.2 Å². The van der Waals surface area contributed by atoms with E-state index in [4.69, 9.17) is 4.74 Å². The molecule has 0 bridgehead atoms. The fourth-order valence-corrected chi connectivity index (χ4v) is 4.00. The van der Waals surface area contributed by atoms with Gasteiger partial charge in [-0.15, -0.1) is 0 Å². The van der Waals surface area contributed by atoms with Crippen molar-refractivity contribution in [3.8, 4) is 5.69 Å². The molecule has 1 heterocycles. The van der Waals surface area contributed by atoms with Gasteiger partial charge in [0.25, 0.3) is 0 Å². The summed E-state index contributed by atoms with van der Waals surface area (Å²) >= 11 is 0. The minimum absolute atomic E-state index is 0.0241. The highest BCUT2D eigenvalue weighted by Gasteiger charge is 2.54. The first-order valence-electron chi connectivity index (χ1n) is 9.30. The fraction of sp³-hybridized carbons (Fsp3) is 0.273. The van der Waals surface area contributed by atoms with Crippen molar-refractivity contribution in [3.63, 3.8) is 0 Å². The normalized spacial score (nSPS) is 22.0. The number of nitrogens with one attached hydrogen (secondary N) is 1. The van der Waals surface area contributed by atoms with Gasteiger partial charge in [-0.3, -0.25) is 0 Å². The lowest BCUT2D eigenvalue weighted by molar-refractivity contribution is 0.168. The van der Waals surface area contributed by atoms with Crippen LogP contribution >= 0.6 is 0 Å². The van der Waals surface area contributed by atoms with E-state index < -0.39 is 11.4 Å². The molecule has 0 radical (unpaired) electrons. The highest BCUT2D eigenvalue weighted by atomic mass is 16.5. The Bertz CT molecular complexity index is 1100. The smallest absolute Gasteiger partial charge is 0.352 e. The van der Waals surface area contributed by atoms with Crippen LogP contribution in [-0.4, -0.2) is 27.6 Å². The number of aromatic amines is 1. The first-order chi connectivity index (χ1) is 13.5. The largest absolute Gasteiger partial charge is 0.380 e. The summed E-state index contributed by atoms with van der Waals surface area (Å²) in [5, 5.41) is 2.67. The lowest BCUT2D eigenvalue weighted by Crippen LogP contribution is -2.29. The van der Waals surface area contributed by atoms with Crippen molar-refractivity contribution in [2.24, 2.45) is 5.92 Å². The second-order valence-corrected chi connectivity index (χ2v) is 7.15. The van der Waals surface area contributed by atoms with Crippen LogP contribution in [0.2, 0.25) is 0 Å². The Morgan fingerprint density at radius 2 is 1.68 bits per heavy atom. The number of H-pyrrole nitrogens is 1. The lowest BCUT2D eigenvalue weighted by atomic mass is 10.0. The highest BCUT2D eigenvalue weighted by Crippen LogP contribution is 2.55. The maximum Gasteiger partial charge on any atom is 0.352 e. The van der Waals surface area contributed by atoms with Crippen molar-refractivity contribution in [3.05, 3.63) is 99.3 Å². The number of hydrogen-bond acceptors (Lipinski definition) is 3. The molecule has 0 saturated heterocycles. The Morgan fingerprint density at radius 1 is 1.07 bits per heavy atom. The molecule has 1 aliphatic rings. The Hall–Kier alpha value is -3.12. The van der Waals surface area contributed by atoms with E-state index in [9.17, 15) is 9.59 Å². The number of hydrogen-bond donors (Lipinski definition) is 1. The van der Waals surface area contributed by atoms with Gasteiger partial charge in [-0.1, -0.05) is 55.1 Å². The van der Waals surface area contributed by atoms with E-state index in [1.165, 1.54) is 10.2 Å².